The zero-order valence-electron chi connectivity index (χ0n) is 20.3. The summed E-state index contributed by atoms with van der Waals surface area (Å²) in [5.41, 5.74) is 4.17. The fourth-order valence-electron chi connectivity index (χ4n) is 4.68. The first-order valence-corrected chi connectivity index (χ1v) is 11.9. The number of aromatic nitrogens is 4. The molecule has 0 bridgehead atoms. The number of hydrogen-bond acceptors (Lipinski definition) is 8. The number of hydrogen-bond donors (Lipinski definition) is 1. The summed E-state index contributed by atoms with van der Waals surface area (Å²) in [4.78, 5) is 34.8. The molecule has 1 fully saturated rings. The summed E-state index contributed by atoms with van der Waals surface area (Å²) in [6.45, 7) is 2.10. The quantitative estimate of drug-likeness (QED) is 0.333. The van der Waals surface area contributed by atoms with E-state index < -0.39 is 0 Å². The van der Waals surface area contributed by atoms with Gasteiger partial charge in [-0.25, -0.2) is 14.5 Å². The zero-order chi connectivity index (χ0) is 25.5. The van der Waals surface area contributed by atoms with Gasteiger partial charge in [0.1, 0.15) is 17.4 Å². The van der Waals surface area contributed by atoms with Crippen molar-refractivity contribution < 1.29 is 23.4 Å². The molecule has 0 saturated carbocycles. The number of para-hydroxylation sites is 1. The van der Waals surface area contributed by atoms with E-state index in [0.717, 1.165) is 16.8 Å². The van der Waals surface area contributed by atoms with Crippen LogP contribution in [0.1, 0.15) is 24.2 Å². The summed E-state index contributed by atoms with van der Waals surface area (Å²) < 4.78 is 24.0. The second-order valence-corrected chi connectivity index (χ2v) is 8.87. The molecule has 2 aromatic carbocycles. The largest absolute Gasteiger partial charge is 0.494 e. The van der Waals surface area contributed by atoms with Gasteiger partial charge in [0.2, 0.25) is 5.89 Å². The van der Waals surface area contributed by atoms with Gasteiger partial charge < -0.3 is 18.6 Å². The Morgan fingerprint density at radius 1 is 1.08 bits per heavy atom. The highest BCUT2D eigenvalue weighted by Gasteiger charge is 2.26. The molecule has 6 rings (SSSR count). The van der Waals surface area contributed by atoms with Crippen LogP contribution in [0, 0.1) is 6.92 Å². The van der Waals surface area contributed by atoms with Crippen LogP contribution in [0.2, 0.25) is 0 Å². The summed E-state index contributed by atoms with van der Waals surface area (Å²) in [6.07, 6.45) is 0.656. The van der Waals surface area contributed by atoms with Crippen LogP contribution in [0.15, 0.2) is 57.7 Å². The molecular weight excluding hydrogens is 476 g/mol. The molecule has 188 valence electrons. The minimum Gasteiger partial charge on any atom is -0.494 e. The molecule has 3 aromatic heterocycles. The third-order valence-corrected chi connectivity index (χ3v) is 6.43. The van der Waals surface area contributed by atoms with E-state index in [2.05, 4.69) is 10.1 Å². The normalized spacial score (nSPS) is 15.5. The van der Waals surface area contributed by atoms with Gasteiger partial charge in [0.05, 0.1) is 26.0 Å². The van der Waals surface area contributed by atoms with Crippen LogP contribution >= 0.6 is 0 Å². The van der Waals surface area contributed by atoms with Gasteiger partial charge in [0, 0.05) is 17.7 Å². The number of rotatable bonds is 7. The Bertz CT molecular complexity index is 1680. The lowest BCUT2D eigenvalue weighted by Gasteiger charge is -2.11. The molecule has 4 heterocycles. The van der Waals surface area contributed by atoms with Crippen LogP contribution in [0.5, 0.6) is 5.75 Å². The lowest BCUT2D eigenvalue weighted by Crippen LogP contribution is -2.22. The number of aromatic amines is 1. The molecule has 10 heteroatoms. The van der Waals surface area contributed by atoms with E-state index in [9.17, 15) is 9.59 Å². The predicted molar refractivity (Wildman–Crippen MR) is 134 cm³/mol. The smallest absolute Gasteiger partial charge is 0.306 e. The SMILES string of the molecule is COc1cccc2oc(-c3c(COCC4CCC(=O)O4)nc4c(-c5ccccc5)c(C)[nH]n4c3=O)nc12. The molecule has 37 heavy (non-hydrogen) atoms. The molecule has 0 amide bonds. The first kappa shape index (κ1) is 23.0. The summed E-state index contributed by atoms with van der Waals surface area (Å²) in [7, 11) is 1.55. The van der Waals surface area contributed by atoms with Crippen LogP contribution in [-0.2, 0) is 20.9 Å². The molecule has 1 N–H and O–H groups in total. The van der Waals surface area contributed by atoms with Crippen LogP contribution in [-0.4, -0.2) is 45.4 Å². The van der Waals surface area contributed by atoms with Crippen molar-refractivity contribution in [3.05, 3.63) is 70.3 Å². The number of fused-ring (bicyclic) bond motifs is 2. The number of methoxy groups -OCH3 is 1. The van der Waals surface area contributed by atoms with Crippen LogP contribution in [0.3, 0.4) is 0 Å². The number of benzene rings is 2. The van der Waals surface area contributed by atoms with E-state index in [1.54, 1.807) is 25.3 Å². The van der Waals surface area contributed by atoms with Crippen molar-refractivity contribution in [3.8, 4) is 28.3 Å². The maximum atomic E-state index is 13.9. The second-order valence-electron chi connectivity index (χ2n) is 8.87. The molecule has 5 aromatic rings. The van der Waals surface area contributed by atoms with Gasteiger partial charge in [-0.05, 0) is 31.0 Å². The average molecular weight is 501 g/mol. The van der Waals surface area contributed by atoms with Crippen molar-refractivity contribution in [2.75, 3.05) is 13.7 Å². The van der Waals surface area contributed by atoms with Crippen molar-refractivity contribution in [2.24, 2.45) is 0 Å². The number of H-pyrrole nitrogens is 1. The summed E-state index contributed by atoms with van der Waals surface area (Å²) >= 11 is 0. The molecule has 0 spiro atoms. The van der Waals surface area contributed by atoms with Gasteiger partial charge in [0.15, 0.2) is 16.7 Å². The number of cyclic esters (lactones) is 1. The van der Waals surface area contributed by atoms with Crippen molar-refractivity contribution in [1.82, 2.24) is 19.6 Å². The standard InChI is InChI=1S/C27H24N4O6/c1-15-22(16-7-4-3-5-8-16)25-28-18(14-35-13-17-11-12-21(32)36-17)23(27(33)31(25)30-15)26-29-24-19(34-2)9-6-10-20(24)37-26/h3-10,17,30H,11-14H2,1-2H3. The number of aryl methyl sites for hydroxylation is 1. The van der Waals surface area contributed by atoms with Gasteiger partial charge in [-0.1, -0.05) is 36.4 Å². The molecule has 1 aliphatic rings. The Morgan fingerprint density at radius 2 is 1.92 bits per heavy atom. The Hall–Kier alpha value is -4.44. The molecule has 1 aliphatic heterocycles. The molecule has 1 atom stereocenters. The predicted octanol–water partition coefficient (Wildman–Crippen LogP) is 4.04. The maximum Gasteiger partial charge on any atom is 0.306 e. The second kappa shape index (κ2) is 9.21. The number of carbonyl (C=O) groups excluding carboxylic acids is 1. The molecule has 1 unspecified atom stereocenters. The summed E-state index contributed by atoms with van der Waals surface area (Å²) in [5, 5.41) is 3.14. The number of nitrogens with zero attached hydrogens (tertiary/aromatic N) is 3. The minimum absolute atomic E-state index is 0.00341. The summed E-state index contributed by atoms with van der Waals surface area (Å²) in [5.74, 6) is 0.415. The highest BCUT2D eigenvalue weighted by Crippen LogP contribution is 2.32. The monoisotopic (exact) mass is 500 g/mol. The Kier molecular flexibility index (Phi) is 5.72. The first-order valence-electron chi connectivity index (χ1n) is 11.9. The Morgan fingerprint density at radius 3 is 2.68 bits per heavy atom. The number of oxazole rings is 1. The van der Waals surface area contributed by atoms with Crippen molar-refractivity contribution in [1.29, 1.82) is 0 Å². The number of ether oxygens (including phenoxy) is 3. The van der Waals surface area contributed by atoms with Crippen molar-refractivity contribution in [3.63, 3.8) is 0 Å². The fraction of sp³-hybridized carbons (Fsp3) is 0.259. The highest BCUT2D eigenvalue weighted by molar-refractivity contribution is 5.83. The van der Waals surface area contributed by atoms with Crippen molar-refractivity contribution in [2.45, 2.75) is 32.5 Å². The van der Waals surface area contributed by atoms with Gasteiger partial charge >= 0.3 is 5.97 Å². The first-order chi connectivity index (χ1) is 18.0. The van der Waals surface area contributed by atoms with Gasteiger partial charge in [0.25, 0.3) is 5.56 Å². The fourth-order valence-corrected chi connectivity index (χ4v) is 4.68. The topological polar surface area (TPSA) is 121 Å². The van der Waals surface area contributed by atoms with E-state index in [-0.39, 0.29) is 42.3 Å². The minimum atomic E-state index is -0.369. The van der Waals surface area contributed by atoms with Crippen LogP contribution < -0.4 is 10.3 Å². The third kappa shape index (κ3) is 4.05. The average Bonchev–Trinajstić information content (AvgIpc) is 3.61. The Labute approximate surface area is 210 Å². The number of nitrogens with one attached hydrogen (secondary N) is 1. The summed E-state index contributed by atoms with van der Waals surface area (Å²) in [6, 6.07) is 15.1. The third-order valence-electron chi connectivity index (χ3n) is 6.43. The van der Waals surface area contributed by atoms with Crippen molar-refractivity contribution >= 4 is 22.7 Å². The zero-order valence-corrected chi connectivity index (χ0v) is 20.3. The highest BCUT2D eigenvalue weighted by atomic mass is 16.6. The van der Waals surface area contributed by atoms with E-state index in [0.29, 0.717) is 41.0 Å². The number of carbonyl (C=O) groups is 1. The van der Waals surface area contributed by atoms with Crippen LogP contribution in [0.4, 0.5) is 0 Å². The van der Waals surface area contributed by atoms with Gasteiger partial charge in [-0.15, -0.1) is 0 Å². The van der Waals surface area contributed by atoms with E-state index >= 15 is 0 Å². The van der Waals surface area contributed by atoms with E-state index in [4.69, 9.17) is 23.6 Å². The van der Waals surface area contributed by atoms with E-state index in [1.807, 2.05) is 37.3 Å². The van der Waals surface area contributed by atoms with Gasteiger partial charge in [-0.2, -0.15) is 0 Å². The molecule has 1 saturated heterocycles. The lowest BCUT2D eigenvalue weighted by atomic mass is 10.1. The lowest BCUT2D eigenvalue weighted by molar-refractivity contribution is -0.143. The maximum absolute atomic E-state index is 13.9. The molecule has 0 radical (unpaired) electrons. The van der Waals surface area contributed by atoms with Gasteiger partial charge in [-0.3, -0.25) is 14.7 Å². The number of esters is 1. The van der Waals surface area contributed by atoms with Crippen LogP contribution in [0.25, 0.3) is 39.3 Å². The Balaban J connectivity index is 1.50. The molecule has 0 aliphatic carbocycles. The molecule has 10 nitrogen and oxygen atoms in total. The van der Waals surface area contributed by atoms with E-state index in [1.165, 1.54) is 4.52 Å². The molecular formula is C27H24N4O6.